The van der Waals surface area contributed by atoms with E-state index in [1.165, 1.54) is 0 Å². The van der Waals surface area contributed by atoms with Crippen LogP contribution in [0.1, 0.15) is 141 Å². The van der Waals surface area contributed by atoms with Gasteiger partial charge in [-0.05, 0) is 186 Å². The van der Waals surface area contributed by atoms with E-state index in [4.69, 9.17) is 15.6 Å². The van der Waals surface area contributed by atoms with Crippen LogP contribution in [0.25, 0.3) is 21.8 Å². The second-order valence-electron chi connectivity index (χ2n) is 28.8. The van der Waals surface area contributed by atoms with Crippen LogP contribution in [-0.2, 0) is 95.0 Å². The number of benzene rings is 4. The molecule has 2 unspecified atom stereocenters. The summed E-state index contributed by atoms with van der Waals surface area (Å²) in [5, 5.41) is 26.0. The maximum Gasteiger partial charge on any atom is 0.408 e. The summed E-state index contributed by atoms with van der Waals surface area (Å²) in [6, 6.07) is 29.7. The van der Waals surface area contributed by atoms with Crippen LogP contribution in [0, 0.1) is 11.8 Å². The number of anilines is 4. The van der Waals surface area contributed by atoms with Gasteiger partial charge in [0, 0.05) is 117 Å². The molecule has 8 aromatic rings. The summed E-state index contributed by atoms with van der Waals surface area (Å²) in [6.07, 6.45) is 6.80. The van der Waals surface area contributed by atoms with E-state index in [1.807, 2.05) is 138 Å². The highest BCUT2D eigenvalue weighted by atomic mass is 32.1. The normalized spacial score (nSPS) is 16.8. The number of aromatic nitrogens is 2. The standard InChI is InChI=1S/C41H49N5O6S.C36H41N5O4S.C2H6O/c1-7-44-24-29(30-13-8-9-14-32(30)44)21-31(42-38(50)41(5,6)43-39(51)52-40(2,3)4)34(47)22-28-20-27-12-10-15-33(45-18-11-16-35(45)48)36(27)46(37(28)49)23-26-17-19-53-25-26;1-4-39-21-26(27-10-5-6-11-29(27)39)18-28(38-35(45)36(2,3)37)31(42)19-25-17-24-9-7-12-30(40-15-8-13-32(40)43)33(24)41(34(25)44)20-23-14-16-46-22-23;1-2-3/h8-10,12-15,17,19,24-25,28,31H,7,11,16,18,20-23H2,1-6H3,(H,42,50)(H,43,51);5-7,9-12,14,16,21-22,25,28H,4,8,13,15,17-20,37H2,1-3H3,(H,38,45);3H,2H2,1H3/t28?,31-;25?,28-;/m11./s1. The monoisotopic (exact) mass is 1420 g/mol. The Labute approximate surface area is 604 Å². The van der Waals surface area contributed by atoms with Crippen LogP contribution in [0.2, 0.25) is 0 Å². The number of carbonyl (C=O) groups excluding carboxylic acids is 9. The van der Waals surface area contributed by atoms with Gasteiger partial charge in [-0.2, -0.15) is 22.7 Å². The summed E-state index contributed by atoms with van der Waals surface area (Å²) in [4.78, 5) is 130. The predicted molar refractivity (Wildman–Crippen MR) is 402 cm³/mol. The van der Waals surface area contributed by atoms with Crippen LogP contribution < -0.4 is 41.3 Å². The summed E-state index contributed by atoms with van der Waals surface area (Å²) in [7, 11) is 0. The van der Waals surface area contributed by atoms with Crippen molar-refractivity contribution in [3.8, 4) is 0 Å². The third-order valence-corrected chi connectivity index (χ3v) is 20.5. The van der Waals surface area contributed by atoms with Crippen molar-refractivity contribution in [2.45, 2.75) is 188 Å². The summed E-state index contributed by atoms with van der Waals surface area (Å²) in [5.74, 6) is -3.06. The zero-order chi connectivity index (χ0) is 73.4. The number of nitrogens with two attached hydrogens (primary N) is 1. The molecule has 0 spiro atoms. The number of para-hydroxylation sites is 4. The number of ether oxygens (including phenoxy) is 1. The van der Waals surface area contributed by atoms with E-state index in [1.54, 1.807) is 97.7 Å². The quantitative estimate of drug-likeness (QED) is 0.0400. The first-order valence-corrected chi connectivity index (χ1v) is 37.2. The summed E-state index contributed by atoms with van der Waals surface area (Å²) < 4.78 is 9.65. The van der Waals surface area contributed by atoms with Crippen molar-refractivity contribution >= 4 is 120 Å². The van der Waals surface area contributed by atoms with E-state index in [-0.39, 0.29) is 67.5 Å². The van der Waals surface area contributed by atoms with E-state index < -0.39 is 58.5 Å². The first-order valence-electron chi connectivity index (χ1n) is 35.3. The summed E-state index contributed by atoms with van der Waals surface area (Å²) in [6.45, 7) is 20.9. The number of amides is 7. The molecule has 0 bridgehead atoms. The highest BCUT2D eigenvalue weighted by molar-refractivity contribution is 7.08. The average Bonchev–Trinajstić information content (AvgIpc) is 1.41. The minimum atomic E-state index is -1.42. The molecule has 540 valence electrons. The molecular weight excluding hydrogens is 1330 g/mol. The molecule has 4 aliphatic heterocycles. The molecular formula is C79H96N10O11S2. The molecule has 4 aromatic heterocycles. The van der Waals surface area contributed by atoms with Gasteiger partial charge in [0.1, 0.15) is 11.1 Å². The number of hydrogen-bond donors (Lipinski definition) is 5. The summed E-state index contributed by atoms with van der Waals surface area (Å²) in [5.41, 5.74) is 13.4. The Balaban J connectivity index is 0.000000213. The van der Waals surface area contributed by atoms with Gasteiger partial charge in [0.15, 0.2) is 11.6 Å². The number of aryl methyl sites for hydroxylation is 2. The van der Waals surface area contributed by atoms with E-state index in [0.717, 1.165) is 104 Å². The minimum absolute atomic E-state index is 0.0331. The second kappa shape index (κ2) is 32.4. The first-order chi connectivity index (χ1) is 48.6. The Morgan fingerprint density at radius 3 is 1.38 bits per heavy atom. The smallest absolute Gasteiger partial charge is 0.408 e. The largest absolute Gasteiger partial charge is 0.444 e. The van der Waals surface area contributed by atoms with Crippen molar-refractivity contribution < 1.29 is 53.0 Å². The van der Waals surface area contributed by atoms with Crippen LogP contribution in [0.5, 0.6) is 0 Å². The molecule has 0 radical (unpaired) electrons. The lowest BCUT2D eigenvalue weighted by molar-refractivity contribution is -0.133. The average molecular weight is 1430 g/mol. The minimum Gasteiger partial charge on any atom is -0.444 e. The van der Waals surface area contributed by atoms with Crippen LogP contribution in [-0.4, -0.2) is 116 Å². The van der Waals surface area contributed by atoms with Gasteiger partial charge in [0.05, 0.1) is 53.5 Å². The van der Waals surface area contributed by atoms with Crippen LogP contribution in [0.4, 0.5) is 27.5 Å². The van der Waals surface area contributed by atoms with Gasteiger partial charge in [-0.15, -0.1) is 0 Å². The Bertz CT molecular complexity index is 4390. The molecule has 4 aromatic carbocycles. The molecule has 4 atom stereocenters. The van der Waals surface area contributed by atoms with Crippen molar-refractivity contribution in [1.29, 1.82) is 0 Å². The van der Waals surface area contributed by atoms with E-state index >= 15 is 0 Å². The zero-order valence-electron chi connectivity index (χ0n) is 60.1. The number of thiophene rings is 2. The molecule has 8 heterocycles. The Hall–Kier alpha value is -9.29. The molecule has 12 rings (SSSR count). The lowest BCUT2D eigenvalue weighted by Gasteiger charge is -2.37. The Morgan fingerprint density at radius 1 is 0.588 bits per heavy atom. The van der Waals surface area contributed by atoms with Gasteiger partial charge in [0.25, 0.3) is 0 Å². The highest BCUT2D eigenvalue weighted by Crippen LogP contribution is 2.44. The summed E-state index contributed by atoms with van der Waals surface area (Å²) >= 11 is 3.10. The number of ketones is 2. The maximum atomic E-state index is 14.5. The number of fused-ring (bicyclic) bond motifs is 4. The van der Waals surface area contributed by atoms with Crippen molar-refractivity contribution in [3.63, 3.8) is 0 Å². The van der Waals surface area contributed by atoms with Gasteiger partial charge < -0.3 is 60.3 Å². The van der Waals surface area contributed by atoms with E-state index in [0.29, 0.717) is 51.9 Å². The number of nitrogens with zero attached hydrogens (tertiary/aromatic N) is 6. The van der Waals surface area contributed by atoms with E-state index in [9.17, 15) is 43.2 Å². The number of rotatable bonds is 23. The fourth-order valence-electron chi connectivity index (χ4n) is 14.0. The lowest BCUT2D eigenvalue weighted by atomic mass is 9.85. The third kappa shape index (κ3) is 17.4. The second-order valence-corrected chi connectivity index (χ2v) is 30.3. The Kier molecular flexibility index (Phi) is 23.9. The van der Waals surface area contributed by atoms with Crippen molar-refractivity contribution in [2.24, 2.45) is 17.6 Å². The van der Waals surface area contributed by atoms with Crippen molar-refractivity contribution in [1.82, 2.24) is 25.1 Å². The maximum absolute atomic E-state index is 14.5. The number of alkyl carbamates (subject to hydrolysis) is 1. The van der Waals surface area contributed by atoms with Crippen LogP contribution in [0.3, 0.4) is 0 Å². The molecule has 6 N–H and O–H groups in total. The van der Waals surface area contributed by atoms with Gasteiger partial charge in [-0.1, -0.05) is 60.7 Å². The number of hydrogen-bond acceptors (Lipinski definition) is 14. The Morgan fingerprint density at radius 2 is 1.01 bits per heavy atom. The van der Waals surface area contributed by atoms with Gasteiger partial charge >= 0.3 is 6.09 Å². The zero-order valence-corrected chi connectivity index (χ0v) is 61.8. The number of aliphatic hydroxyl groups excluding tert-OH is 1. The van der Waals surface area contributed by atoms with E-state index in [2.05, 4.69) is 32.0 Å². The SMILES string of the molecule is CCO.CCn1cc(C[C@@H](NC(=O)C(C)(C)N)C(=O)CC2Cc3cccc(N4CCCC4=O)c3N(Cc3ccsc3)C2=O)c2ccccc21.CCn1cc(C[C@@H](NC(=O)C(C)(C)NC(=O)OC(C)(C)C)C(=O)CC2Cc3cccc(N4CCCC4=O)c3N(Cc3ccsc3)C2=O)c2ccccc21. The fraction of sp³-hybridized carbons (Fsp3) is 0.430. The topological polar surface area (TPSA) is 268 Å². The highest BCUT2D eigenvalue weighted by Gasteiger charge is 2.43. The van der Waals surface area contributed by atoms with Crippen molar-refractivity contribution in [3.05, 3.63) is 164 Å². The molecule has 102 heavy (non-hydrogen) atoms. The van der Waals surface area contributed by atoms with Crippen LogP contribution in [0.15, 0.2) is 131 Å². The third-order valence-electron chi connectivity index (χ3n) is 19.0. The molecule has 7 amide bonds. The molecule has 21 nitrogen and oxygen atoms in total. The number of nitrogens with one attached hydrogen (secondary N) is 3. The molecule has 2 fully saturated rings. The number of aliphatic hydroxyl groups is 1. The molecule has 0 saturated carbocycles. The van der Waals surface area contributed by atoms with Crippen LogP contribution >= 0.6 is 22.7 Å². The molecule has 4 aliphatic rings. The molecule has 23 heteroatoms. The molecule has 0 aliphatic carbocycles. The van der Waals surface area contributed by atoms with Gasteiger partial charge in [-0.3, -0.25) is 38.4 Å². The number of Topliss-reactive ketones (excluding diaryl/α,β-unsaturated/α-hetero) is 2. The van der Waals surface area contributed by atoms with Gasteiger partial charge in [0.2, 0.25) is 35.4 Å². The fourth-order valence-corrected chi connectivity index (χ4v) is 15.3. The molecule has 2 saturated heterocycles. The predicted octanol–water partition coefficient (Wildman–Crippen LogP) is 11.5. The lowest BCUT2D eigenvalue weighted by Crippen LogP contribution is -2.59. The first kappa shape index (κ1) is 75.4. The van der Waals surface area contributed by atoms with Gasteiger partial charge in [-0.25, -0.2) is 4.79 Å². The van der Waals surface area contributed by atoms with Crippen molar-refractivity contribution in [2.75, 3.05) is 39.3 Å². The number of carbonyl (C=O) groups is 9.